The third-order valence-electron chi connectivity index (χ3n) is 6.21. The molecule has 4 saturated carbocycles. The van der Waals surface area contributed by atoms with Gasteiger partial charge >= 0.3 is 0 Å². The molecule has 2 bridgehead atoms. The number of rotatable bonds is 6. The Balaban J connectivity index is 1.15. The molecule has 3 N–H and O–H groups in total. The van der Waals surface area contributed by atoms with Gasteiger partial charge in [-0.05, 0) is 38.5 Å². The lowest BCUT2D eigenvalue weighted by atomic mass is 9.44. The van der Waals surface area contributed by atoms with Crippen molar-refractivity contribution in [3.63, 3.8) is 0 Å². The second kappa shape index (κ2) is 7.35. The van der Waals surface area contributed by atoms with Gasteiger partial charge in [0, 0.05) is 22.7 Å². The highest BCUT2D eigenvalue weighted by Crippen LogP contribution is 2.60. The topological polar surface area (TPSA) is 79.5 Å². The van der Waals surface area contributed by atoms with Crippen LogP contribution in [0.1, 0.15) is 51.9 Å². The molecule has 1 aliphatic heterocycles. The molecule has 1 heterocycles. The fraction of sp³-hybridized carbons (Fsp3) is 0.889. The second-order valence-corrected chi connectivity index (χ2v) is 10.6. The highest BCUT2D eigenvalue weighted by molar-refractivity contribution is 7.98. The molecule has 5 fully saturated rings. The fourth-order valence-corrected chi connectivity index (χ4v) is 6.03. The van der Waals surface area contributed by atoms with Gasteiger partial charge in [-0.25, -0.2) is 4.39 Å². The molecular weight excluding hydrogens is 393 g/mol. The molecule has 1 saturated heterocycles. The van der Waals surface area contributed by atoms with E-state index in [0.29, 0.717) is 18.1 Å². The Morgan fingerprint density at radius 3 is 2.56 bits per heavy atom. The molecule has 6 nitrogen and oxygen atoms in total. The number of nitrogens with one attached hydrogen (secondary N) is 3. The van der Waals surface area contributed by atoms with E-state index in [0.717, 1.165) is 25.7 Å². The van der Waals surface area contributed by atoms with Crippen molar-refractivity contribution < 1.29 is 18.7 Å². The molecule has 5 aliphatic rings. The summed E-state index contributed by atoms with van der Waals surface area (Å²) >= 11 is 7.48. The lowest BCUT2D eigenvalue weighted by Crippen LogP contribution is -2.84. The van der Waals surface area contributed by atoms with Gasteiger partial charge in [0.15, 0.2) is 0 Å². The third kappa shape index (κ3) is 4.09. The summed E-state index contributed by atoms with van der Waals surface area (Å²) in [7, 11) is 0. The maximum absolute atomic E-state index is 13.6. The Labute approximate surface area is 168 Å². The van der Waals surface area contributed by atoms with E-state index in [2.05, 4.69) is 22.3 Å². The van der Waals surface area contributed by atoms with Crippen LogP contribution in [0.25, 0.3) is 0 Å². The first-order valence-corrected chi connectivity index (χ1v) is 11.0. The Morgan fingerprint density at radius 1 is 1.22 bits per heavy atom. The summed E-state index contributed by atoms with van der Waals surface area (Å²) in [6.45, 7) is 2.06. The van der Waals surface area contributed by atoms with Crippen LogP contribution < -0.4 is 15.4 Å². The number of hydrogen-bond donors (Lipinski definition) is 3. The Bertz CT molecular complexity index is 605. The quantitative estimate of drug-likeness (QED) is 0.452. The molecular formula is C18H27ClFN3O3S. The highest BCUT2D eigenvalue weighted by atomic mass is 35.5. The number of amides is 2. The van der Waals surface area contributed by atoms with E-state index in [9.17, 15) is 14.0 Å². The van der Waals surface area contributed by atoms with E-state index in [1.807, 2.05) is 0 Å². The molecule has 0 aromatic carbocycles. The van der Waals surface area contributed by atoms with Gasteiger partial charge in [0.2, 0.25) is 11.8 Å². The number of hydrogen-bond acceptors (Lipinski definition) is 5. The van der Waals surface area contributed by atoms with Gasteiger partial charge < -0.3 is 15.4 Å². The minimum atomic E-state index is -1.06. The van der Waals surface area contributed by atoms with Gasteiger partial charge in [0.05, 0.1) is 17.5 Å². The minimum Gasteiger partial charge on any atom is -0.368 e. The van der Waals surface area contributed by atoms with Crippen molar-refractivity contribution >= 4 is 35.4 Å². The fourth-order valence-electron chi connectivity index (χ4n) is 4.91. The predicted octanol–water partition coefficient (Wildman–Crippen LogP) is 1.81. The molecule has 0 spiro atoms. The van der Waals surface area contributed by atoms with Gasteiger partial charge in [0.1, 0.15) is 12.8 Å². The van der Waals surface area contributed by atoms with Crippen molar-refractivity contribution in [1.82, 2.24) is 15.4 Å². The smallest absolute Gasteiger partial charge is 0.246 e. The monoisotopic (exact) mass is 419 g/mol. The lowest BCUT2D eigenvalue weighted by molar-refractivity contribution is -0.153. The maximum Gasteiger partial charge on any atom is 0.246 e. The molecule has 4 aliphatic carbocycles. The largest absolute Gasteiger partial charge is 0.368 e. The summed E-state index contributed by atoms with van der Waals surface area (Å²) in [4.78, 5) is 24.5. The van der Waals surface area contributed by atoms with Crippen LogP contribution in [0.4, 0.5) is 4.39 Å². The lowest BCUT2D eigenvalue weighted by Gasteiger charge is -2.70. The van der Waals surface area contributed by atoms with Gasteiger partial charge in [-0.2, -0.15) is 0 Å². The number of carbonyl (C=O) groups excluding carboxylic acids is 2. The maximum atomic E-state index is 13.6. The highest BCUT2D eigenvalue weighted by Gasteiger charge is 2.69. The molecule has 0 radical (unpaired) electrons. The van der Waals surface area contributed by atoms with E-state index >= 15 is 0 Å². The molecule has 5 rings (SSSR count). The molecule has 0 aromatic rings. The second-order valence-electron chi connectivity index (χ2n) is 8.74. The average Bonchev–Trinajstić information content (AvgIpc) is 2.99. The Morgan fingerprint density at radius 2 is 1.93 bits per heavy atom. The Kier molecular flexibility index (Phi) is 5.37. The van der Waals surface area contributed by atoms with Crippen LogP contribution in [-0.4, -0.2) is 58.4 Å². The van der Waals surface area contributed by atoms with E-state index in [-0.39, 0.29) is 48.1 Å². The van der Waals surface area contributed by atoms with Crippen LogP contribution in [0.3, 0.4) is 0 Å². The summed E-state index contributed by atoms with van der Waals surface area (Å²) in [5, 5.41) is 6.21. The van der Waals surface area contributed by atoms with Gasteiger partial charge in [0.25, 0.3) is 0 Å². The van der Waals surface area contributed by atoms with Crippen molar-refractivity contribution in [2.24, 2.45) is 0 Å². The van der Waals surface area contributed by atoms with Crippen LogP contribution in [0.2, 0.25) is 0 Å². The van der Waals surface area contributed by atoms with Crippen molar-refractivity contribution in [2.75, 3.05) is 6.61 Å². The molecule has 2 amide bonds. The third-order valence-corrected chi connectivity index (χ3v) is 7.72. The van der Waals surface area contributed by atoms with E-state index in [1.54, 1.807) is 11.9 Å². The predicted molar refractivity (Wildman–Crippen MR) is 102 cm³/mol. The summed E-state index contributed by atoms with van der Waals surface area (Å²) in [5.74, 6) is -0.105. The summed E-state index contributed by atoms with van der Waals surface area (Å²) in [5.41, 5.74) is -0.348. The minimum absolute atomic E-state index is 0.0491. The zero-order valence-corrected chi connectivity index (χ0v) is 17.0. The molecule has 27 heavy (non-hydrogen) atoms. The molecule has 5 unspecified atom stereocenters. The summed E-state index contributed by atoms with van der Waals surface area (Å²) in [6.07, 6.45) is 3.39. The molecule has 9 heteroatoms. The van der Waals surface area contributed by atoms with Crippen LogP contribution in [0.5, 0.6) is 0 Å². The number of halogens is 2. The number of alkyl halides is 2. The normalized spacial score (nSPS) is 45.5. The summed E-state index contributed by atoms with van der Waals surface area (Å²) in [6, 6.07) is -0.125. The van der Waals surface area contributed by atoms with Crippen molar-refractivity contribution in [3.05, 3.63) is 0 Å². The zero-order chi connectivity index (χ0) is 19.2. The Hall–Kier alpha value is -0.570. The van der Waals surface area contributed by atoms with Crippen LogP contribution in [-0.2, 0) is 14.3 Å². The first-order chi connectivity index (χ1) is 12.8. The first kappa shape index (κ1) is 19.7. The number of carbonyl (C=O) groups is 2. The summed E-state index contributed by atoms with van der Waals surface area (Å²) < 4.78 is 22.4. The van der Waals surface area contributed by atoms with E-state index in [1.165, 1.54) is 0 Å². The first-order valence-electron chi connectivity index (χ1n) is 9.72. The van der Waals surface area contributed by atoms with Crippen molar-refractivity contribution in [1.29, 1.82) is 0 Å². The van der Waals surface area contributed by atoms with E-state index < -0.39 is 11.5 Å². The van der Waals surface area contributed by atoms with Crippen LogP contribution >= 0.6 is 23.5 Å². The van der Waals surface area contributed by atoms with Crippen molar-refractivity contribution in [3.8, 4) is 0 Å². The SMILES string of the molecule is CC1CC(C(=O)NC23CC(NC(=O)COC4CCC(Cl)C(F)C4)(C2)C3)NS1. The van der Waals surface area contributed by atoms with Gasteiger partial charge in [-0.1, -0.05) is 18.9 Å². The van der Waals surface area contributed by atoms with Crippen molar-refractivity contribution in [2.45, 2.75) is 91.9 Å². The molecule has 0 aromatic heterocycles. The average molecular weight is 420 g/mol. The van der Waals surface area contributed by atoms with Crippen LogP contribution in [0, 0.1) is 0 Å². The van der Waals surface area contributed by atoms with Gasteiger partial charge in [-0.15, -0.1) is 11.6 Å². The molecule has 152 valence electrons. The standard InChI is InChI=1S/C18H27ClFN3O3S/c1-10-4-14(23-27-10)16(25)22-18-7-17(8-18,9-18)21-15(24)6-26-11-2-3-12(19)13(20)5-11/h10-14,23H,2-9H2,1H3,(H,21,24)(H,22,25). The number of ether oxygens (including phenoxy) is 1. The van der Waals surface area contributed by atoms with E-state index in [4.69, 9.17) is 16.3 Å². The van der Waals surface area contributed by atoms with Crippen LogP contribution in [0.15, 0.2) is 0 Å². The van der Waals surface area contributed by atoms with Gasteiger partial charge in [-0.3, -0.25) is 14.3 Å². The zero-order valence-electron chi connectivity index (χ0n) is 15.4. The molecule has 5 atom stereocenters.